The molecule has 0 bridgehead atoms. The van der Waals surface area contributed by atoms with Crippen LogP contribution in [0.25, 0.3) is 0 Å². The smallest absolute Gasteiger partial charge is 0.213 e. The number of rotatable bonds is 7. The lowest BCUT2D eigenvalue weighted by Crippen LogP contribution is -2.47. The second kappa shape index (κ2) is 7.42. The minimum Gasteiger partial charge on any atom is -0.477 e. The molecule has 3 rings (SSSR count). The van der Waals surface area contributed by atoms with Crippen LogP contribution in [0.4, 0.5) is 0 Å². The van der Waals surface area contributed by atoms with E-state index in [-0.39, 0.29) is 0 Å². The van der Waals surface area contributed by atoms with Crippen molar-refractivity contribution in [1.82, 2.24) is 15.2 Å². The molecule has 1 aromatic heterocycles. The van der Waals surface area contributed by atoms with E-state index in [1.54, 1.807) is 0 Å². The van der Waals surface area contributed by atoms with Crippen molar-refractivity contribution in [3.05, 3.63) is 23.9 Å². The first kappa shape index (κ1) is 15.8. The number of likely N-dealkylation sites (tertiary alicyclic amines) is 1. The molecule has 2 atom stereocenters. The van der Waals surface area contributed by atoms with E-state index in [1.165, 1.54) is 44.5 Å². The van der Waals surface area contributed by atoms with Crippen LogP contribution in [-0.4, -0.2) is 42.2 Å². The Kier molecular flexibility index (Phi) is 5.32. The van der Waals surface area contributed by atoms with Crippen LogP contribution in [0.1, 0.15) is 38.7 Å². The maximum atomic E-state index is 5.77. The summed E-state index contributed by atoms with van der Waals surface area (Å²) in [4.78, 5) is 6.85. The first-order chi connectivity index (χ1) is 10.7. The molecule has 1 aliphatic carbocycles. The molecule has 4 nitrogen and oxygen atoms in total. The summed E-state index contributed by atoms with van der Waals surface area (Å²) in [6, 6.07) is 4.79. The van der Waals surface area contributed by atoms with Crippen molar-refractivity contribution < 1.29 is 4.74 Å². The van der Waals surface area contributed by atoms with Gasteiger partial charge in [0.05, 0.1) is 6.61 Å². The number of hydrogen-bond acceptors (Lipinski definition) is 4. The number of pyridine rings is 1. The molecule has 0 unspecified atom stereocenters. The number of hydrogen-bond donors (Lipinski definition) is 1. The topological polar surface area (TPSA) is 37.4 Å². The minimum absolute atomic E-state index is 0.617. The Morgan fingerprint density at radius 3 is 2.95 bits per heavy atom. The predicted octanol–water partition coefficient (Wildman–Crippen LogP) is 2.69. The maximum Gasteiger partial charge on any atom is 0.213 e. The highest BCUT2D eigenvalue weighted by molar-refractivity contribution is 5.20. The third-order valence-electron chi connectivity index (χ3n) is 4.97. The molecule has 2 fully saturated rings. The largest absolute Gasteiger partial charge is 0.477 e. The fourth-order valence-corrected chi connectivity index (χ4v) is 3.20. The highest BCUT2D eigenvalue weighted by Gasteiger charge is 2.25. The summed E-state index contributed by atoms with van der Waals surface area (Å²) in [5.74, 6) is 2.26. The summed E-state index contributed by atoms with van der Waals surface area (Å²) in [7, 11) is 0. The molecular formula is C18H29N3O. The van der Waals surface area contributed by atoms with Crippen molar-refractivity contribution in [1.29, 1.82) is 0 Å². The summed E-state index contributed by atoms with van der Waals surface area (Å²) >= 11 is 0. The molecule has 1 saturated carbocycles. The van der Waals surface area contributed by atoms with E-state index >= 15 is 0 Å². The quantitative estimate of drug-likeness (QED) is 0.840. The van der Waals surface area contributed by atoms with Crippen LogP contribution in [0.3, 0.4) is 0 Å². The highest BCUT2D eigenvalue weighted by atomic mass is 16.5. The normalized spacial score (nSPS) is 26.1. The van der Waals surface area contributed by atoms with Gasteiger partial charge < -0.3 is 15.0 Å². The van der Waals surface area contributed by atoms with Crippen LogP contribution in [0.15, 0.2) is 18.3 Å². The summed E-state index contributed by atoms with van der Waals surface area (Å²) < 4.78 is 5.77. The van der Waals surface area contributed by atoms with Crippen LogP contribution >= 0.6 is 0 Å². The Balaban J connectivity index is 1.47. The van der Waals surface area contributed by atoms with E-state index in [0.717, 1.165) is 24.9 Å². The highest BCUT2D eigenvalue weighted by Crippen LogP contribution is 2.29. The van der Waals surface area contributed by atoms with Gasteiger partial charge in [-0.3, -0.25) is 0 Å². The molecule has 1 saturated heterocycles. The monoisotopic (exact) mass is 303 g/mol. The Labute approximate surface area is 134 Å². The first-order valence-corrected chi connectivity index (χ1v) is 8.78. The Morgan fingerprint density at radius 1 is 1.36 bits per heavy atom. The lowest BCUT2D eigenvalue weighted by atomic mass is 9.93. The zero-order chi connectivity index (χ0) is 15.4. The first-order valence-electron chi connectivity index (χ1n) is 8.78. The van der Waals surface area contributed by atoms with Crippen LogP contribution in [0, 0.1) is 11.8 Å². The Morgan fingerprint density at radius 2 is 2.23 bits per heavy atom. The van der Waals surface area contributed by atoms with Gasteiger partial charge in [-0.2, -0.15) is 0 Å². The molecular weight excluding hydrogens is 274 g/mol. The second-order valence-electron chi connectivity index (χ2n) is 6.90. The third-order valence-corrected chi connectivity index (χ3v) is 4.97. The average Bonchev–Trinajstić information content (AvgIpc) is 3.36. The molecule has 1 aliphatic heterocycles. The Hall–Kier alpha value is -1.13. The molecule has 0 amide bonds. The molecule has 4 heteroatoms. The van der Waals surface area contributed by atoms with Crippen LogP contribution in [0.5, 0.6) is 5.88 Å². The van der Waals surface area contributed by atoms with Gasteiger partial charge >= 0.3 is 0 Å². The molecule has 1 N–H and O–H groups in total. The van der Waals surface area contributed by atoms with Crippen molar-refractivity contribution in [2.24, 2.45) is 11.8 Å². The summed E-state index contributed by atoms with van der Waals surface area (Å²) in [6.45, 7) is 9.94. The molecule has 122 valence electrons. The van der Waals surface area contributed by atoms with E-state index in [1.807, 2.05) is 6.20 Å². The molecule has 0 radical (unpaired) electrons. The standard InChI is InChI=1S/C18H29N3O/c1-3-21-9-7-17(14(2)12-21)20-11-16-6-8-19-18(10-16)22-13-15-4-5-15/h6,8,10,14-15,17,20H,3-5,7,9,11-13H2,1-2H3/t14-,17+/m1/s1. The molecule has 1 aromatic rings. The second-order valence-corrected chi connectivity index (χ2v) is 6.90. The van der Waals surface area contributed by atoms with Gasteiger partial charge in [-0.15, -0.1) is 0 Å². The SMILES string of the molecule is CCN1CC[C@H](NCc2ccnc(OCC3CC3)c2)[C@H](C)C1. The van der Waals surface area contributed by atoms with Crippen molar-refractivity contribution in [3.63, 3.8) is 0 Å². The average molecular weight is 303 g/mol. The number of nitrogens with zero attached hydrogens (tertiary/aromatic N) is 2. The van der Waals surface area contributed by atoms with E-state index in [0.29, 0.717) is 12.0 Å². The predicted molar refractivity (Wildman–Crippen MR) is 89.0 cm³/mol. The van der Waals surface area contributed by atoms with E-state index < -0.39 is 0 Å². The summed E-state index contributed by atoms with van der Waals surface area (Å²) in [6.07, 6.45) is 5.73. The minimum atomic E-state index is 0.617. The van der Waals surface area contributed by atoms with Crippen molar-refractivity contribution in [2.75, 3.05) is 26.2 Å². The van der Waals surface area contributed by atoms with Gasteiger partial charge in [0.1, 0.15) is 0 Å². The molecule has 0 spiro atoms. The van der Waals surface area contributed by atoms with Gasteiger partial charge in [-0.1, -0.05) is 13.8 Å². The lowest BCUT2D eigenvalue weighted by Gasteiger charge is -2.36. The van der Waals surface area contributed by atoms with E-state index in [9.17, 15) is 0 Å². The number of piperidine rings is 1. The van der Waals surface area contributed by atoms with Crippen LogP contribution in [-0.2, 0) is 6.54 Å². The van der Waals surface area contributed by atoms with Gasteiger partial charge in [0.25, 0.3) is 0 Å². The molecule has 2 heterocycles. The maximum absolute atomic E-state index is 5.77. The van der Waals surface area contributed by atoms with Crippen LogP contribution < -0.4 is 10.1 Å². The fourth-order valence-electron chi connectivity index (χ4n) is 3.20. The van der Waals surface area contributed by atoms with Gasteiger partial charge in [-0.25, -0.2) is 4.98 Å². The number of aromatic nitrogens is 1. The number of ether oxygens (including phenoxy) is 1. The summed E-state index contributed by atoms with van der Waals surface area (Å²) in [5.41, 5.74) is 1.27. The van der Waals surface area contributed by atoms with E-state index in [2.05, 4.69) is 41.2 Å². The third kappa shape index (κ3) is 4.43. The summed E-state index contributed by atoms with van der Waals surface area (Å²) in [5, 5.41) is 3.73. The van der Waals surface area contributed by atoms with Gasteiger partial charge in [0, 0.05) is 31.4 Å². The molecule has 22 heavy (non-hydrogen) atoms. The number of nitrogens with one attached hydrogen (secondary N) is 1. The van der Waals surface area contributed by atoms with Gasteiger partial charge in [0.2, 0.25) is 5.88 Å². The lowest BCUT2D eigenvalue weighted by molar-refractivity contribution is 0.153. The molecule has 2 aliphatic rings. The zero-order valence-corrected chi connectivity index (χ0v) is 13.9. The van der Waals surface area contributed by atoms with Crippen molar-refractivity contribution in [2.45, 2.75) is 45.7 Å². The molecule has 0 aromatic carbocycles. The van der Waals surface area contributed by atoms with Gasteiger partial charge in [0.15, 0.2) is 0 Å². The Bertz CT molecular complexity index is 475. The zero-order valence-electron chi connectivity index (χ0n) is 13.9. The van der Waals surface area contributed by atoms with Crippen molar-refractivity contribution in [3.8, 4) is 5.88 Å². The fraction of sp³-hybridized carbons (Fsp3) is 0.722. The van der Waals surface area contributed by atoms with Crippen LogP contribution in [0.2, 0.25) is 0 Å². The van der Waals surface area contributed by atoms with Crippen molar-refractivity contribution >= 4 is 0 Å². The van der Waals surface area contributed by atoms with Gasteiger partial charge in [-0.05, 0) is 55.8 Å². The van der Waals surface area contributed by atoms with E-state index in [4.69, 9.17) is 4.74 Å².